The molecule has 0 aliphatic carbocycles. The van der Waals surface area contributed by atoms with Crippen molar-refractivity contribution in [2.24, 2.45) is 5.10 Å². The van der Waals surface area contributed by atoms with Crippen molar-refractivity contribution in [3.05, 3.63) is 65.5 Å². The minimum atomic E-state index is -0.937. The van der Waals surface area contributed by atoms with Gasteiger partial charge in [-0.05, 0) is 30.7 Å². The Kier molecular flexibility index (Phi) is 6.22. The van der Waals surface area contributed by atoms with E-state index in [9.17, 15) is 14.0 Å². The number of hydrogen-bond acceptors (Lipinski definition) is 4. The number of amides is 2. The Bertz CT molecular complexity index is 775. The quantitative estimate of drug-likeness (QED) is 0.496. The van der Waals surface area contributed by atoms with Crippen LogP contribution in [0, 0.1) is 5.82 Å². The molecule has 0 saturated heterocycles. The number of carbonyl (C=O) groups excluding carboxylic acids is 2. The SMILES string of the molecule is COc1ccc([C@@H](C)NC(=O)C(=O)N/N=C\c2ccccc2F)cc1. The summed E-state index contributed by atoms with van der Waals surface area (Å²) in [5.41, 5.74) is 3.09. The van der Waals surface area contributed by atoms with Gasteiger partial charge in [0.25, 0.3) is 0 Å². The lowest BCUT2D eigenvalue weighted by Crippen LogP contribution is -2.39. The largest absolute Gasteiger partial charge is 0.497 e. The molecule has 2 aromatic carbocycles. The van der Waals surface area contributed by atoms with Gasteiger partial charge in [0.15, 0.2) is 0 Å². The molecule has 0 bridgehead atoms. The Morgan fingerprint density at radius 1 is 1.12 bits per heavy atom. The number of nitrogens with zero attached hydrogens (tertiary/aromatic N) is 1. The van der Waals surface area contributed by atoms with Crippen LogP contribution in [-0.2, 0) is 9.59 Å². The van der Waals surface area contributed by atoms with Crippen LogP contribution in [0.25, 0.3) is 0 Å². The highest BCUT2D eigenvalue weighted by Gasteiger charge is 2.16. The van der Waals surface area contributed by atoms with E-state index in [2.05, 4.69) is 15.8 Å². The van der Waals surface area contributed by atoms with Gasteiger partial charge in [0.1, 0.15) is 11.6 Å². The maximum atomic E-state index is 13.4. The number of halogens is 1. The number of rotatable bonds is 5. The summed E-state index contributed by atoms with van der Waals surface area (Å²) in [7, 11) is 1.56. The second-order valence-corrected chi connectivity index (χ2v) is 5.19. The molecule has 0 radical (unpaired) electrons. The molecule has 0 heterocycles. The van der Waals surface area contributed by atoms with Crippen molar-refractivity contribution in [3.8, 4) is 5.75 Å². The van der Waals surface area contributed by atoms with E-state index in [0.717, 1.165) is 11.8 Å². The lowest BCUT2D eigenvalue weighted by atomic mass is 10.1. The normalized spacial score (nSPS) is 11.8. The fourth-order valence-electron chi connectivity index (χ4n) is 2.03. The lowest BCUT2D eigenvalue weighted by Gasteiger charge is -2.13. The number of carbonyl (C=O) groups is 2. The van der Waals surface area contributed by atoms with Gasteiger partial charge in [-0.25, -0.2) is 9.82 Å². The molecule has 25 heavy (non-hydrogen) atoms. The summed E-state index contributed by atoms with van der Waals surface area (Å²) in [6.45, 7) is 1.75. The Balaban J connectivity index is 1.89. The molecule has 0 spiro atoms. The number of hydrogen-bond donors (Lipinski definition) is 2. The highest BCUT2D eigenvalue weighted by molar-refractivity contribution is 6.35. The molecule has 6 nitrogen and oxygen atoms in total. The maximum Gasteiger partial charge on any atom is 0.329 e. The summed E-state index contributed by atoms with van der Waals surface area (Å²) in [5, 5.41) is 6.14. The zero-order chi connectivity index (χ0) is 18.2. The Labute approximate surface area is 144 Å². The monoisotopic (exact) mass is 343 g/mol. The van der Waals surface area contributed by atoms with Crippen molar-refractivity contribution < 1.29 is 18.7 Å². The molecule has 130 valence electrons. The van der Waals surface area contributed by atoms with Gasteiger partial charge in [-0.1, -0.05) is 30.3 Å². The van der Waals surface area contributed by atoms with Crippen molar-refractivity contribution in [1.82, 2.24) is 10.7 Å². The van der Waals surface area contributed by atoms with Crippen LogP contribution in [0.5, 0.6) is 5.75 Å². The third-order valence-corrected chi connectivity index (χ3v) is 3.44. The fourth-order valence-corrected chi connectivity index (χ4v) is 2.03. The van der Waals surface area contributed by atoms with Crippen LogP contribution in [-0.4, -0.2) is 25.1 Å². The molecule has 0 unspecified atom stereocenters. The molecule has 2 amide bonds. The van der Waals surface area contributed by atoms with E-state index in [1.807, 2.05) is 0 Å². The zero-order valence-corrected chi connectivity index (χ0v) is 13.8. The summed E-state index contributed by atoms with van der Waals surface area (Å²) in [5.74, 6) is -1.55. The summed E-state index contributed by atoms with van der Waals surface area (Å²) < 4.78 is 18.5. The molecular weight excluding hydrogens is 325 g/mol. The van der Waals surface area contributed by atoms with Crippen molar-refractivity contribution in [3.63, 3.8) is 0 Å². The maximum absolute atomic E-state index is 13.4. The van der Waals surface area contributed by atoms with Crippen LogP contribution in [0.3, 0.4) is 0 Å². The van der Waals surface area contributed by atoms with Gasteiger partial charge in [-0.15, -0.1) is 0 Å². The summed E-state index contributed by atoms with van der Waals surface area (Å²) in [4.78, 5) is 23.6. The summed E-state index contributed by atoms with van der Waals surface area (Å²) in [6, 6.07) is 12.7. The van der Waals surface area contributed by atoms with E-state index in [4.69, 9.17) is 4.74 Å². The zero-order valence-electron chi connectivity index (χ0n) is 13.8. The van der Waals surface area contributed by atoms with Gasteiger partial charge >= 0.3 is 11.8 Å². The highest BCUT2D eigenvalue weighted by Crippen LogP contribution is 2.17. The van der Waals surface area contributed by atoms with Crippen molar-refractivity contribution in [2.45, 2.75) is 13.0 Å². The molecular formula is C18H18FN3O3. The van der Waals surface area contributed by atoms with Crippen LogP contribution >= 0.6 is 0 Å². The molecule has 0 saturated carbocycles. The Morgan fingerprint density at radius 3 is 2.44 bits per heavy atom. The van der Waals surface area contributed by atoms with E-state index in [1.165, 1.54) is 12.1 Å². The number of ether oxygens (including phenoxy) is 1. The number of benzene rings is 2. The van der Waals surface area contributed by atoms with Gasteiger partial charge in [0, 0.05) is 5.56 Å². The van der Waals surface area contributed by atoms with Crippen molar-refractivity contribution in [1.29, 1.82) is 0 Å². The van der Waals surface area contributed by atoms with Crippen LogP contribution < -0.4 is 15.5 Å². The standard InChI is InChI=1S/C18H18FN3O3/c1-12(13-7-9-15(25-2)10-8-13)21-17(23)18(24)22-20-11-14-5-3-4-6-16(14)19/h3-12H,1-2H3,(H,21,23)(H,22,24)/b20-11-/t12-/m1/s1. The summed E-state index contributed by atoms with van der Waals surface area (Å²) in [6.07, 6.45) is 1.13. The lowest BCUT2D eigenvalue weighted by molar-refractivity contribution is -0.139. The average Bonchev–Trinajstić information content (AvgIpc) is 2.63. The van der Waals surface area contributed by atoms with Gasteiger partial charge in [-0.2, -0.15) is 5.10 Å². The highest BCUT2D eigenvalue weighted by atomic mass is 19.1. The number of methoxy groups -OCH3 is 1. The van der Waals surface area contributed by atoms with Crippen LogP contribution in [0.4, 0.5) is 4.39 Å². The molecule has 2 rings (SSSR count). The number of hydrazone groups is 1. The van der Waals surface area contributed by atoms with E-state index in [0.29, 0.717) is 5.75 Å². The predicted octanol–water partition coefficient (Wildman–Crippen LogP) is 2.16. The Hall–Kier alpha value is -3.22. The van der Waals surface area contributed by atoms with E-state index in [1.54, 1.807) is 50.4 Å². The molecule has 0 aromatic heterocycles. The third-order valence-electron chi connectivity index (χ3n) is 3.44. The van der Waals surface area contributed by atoms with Crippen molar-refractivity contribution >= 4 is 18.0 Å². The third kappa shape index (κ3) is 5.13. The van der Waals surface area contributed by atoms with E-state index in [-0.39, 0.29) is 11.6 Å². The first-order valence-electron chi connectivity index (χ1n) is 7.53. The second-order valence-electron chi connectivity index (χ2n) is 5.19. The van der Waals surface area contributed by atoms with Gasteiger partial charge in [0.2, 0.25) is 0 Å². The minimum Gasteiger partial charge on any atom is -0.497 e. The van der Waals surface area contributed by atoms with Crippen LogP contribution in [0.15, 0.2) is 53.6 Å². The molecule has 1 atom stereocenters. The average molecular weight is 343 g/mol. The molecule has 2 aromatic rings. The van der Waals surface area contributed by atoms with Gasteiger partial charge in [-0.3, -0.25) is 9.59 Å². The van der Waals surface area contributed by atoms with Gasteiger partial charge < -0.3 is 10.1 Å². The molecule has 2 N–H and O–H groups in total. The molecule has 7 heteroatoms. The van der Waals surface area contributed by atoms with Gasteiger partial charge in [0.05, 0.1) is 19.4 Å². The smallest absolute Gasteiger partial charge is 0.329 e. The fraction of sp³-hybridized carbons (Fsp3) is 0.167. The molecule has 0 fully saturated rings. The molecule has 0 aliphatic rings. The topological polar surface area (TPSA) is 79.8 Å². The minimum absolute atomic E-state index is 0.204. The molecule has 0 aliphatic heterocycles. The van der Waals surface area contributed by atoms with E-state index >= 15 is 0 Å². The Morgan fingerprint density at radius 2 is 1.80 bits per heavy atom. The number of nitrogens with one attached hydrogen (secondary N) is 2. The second kappa shape index (κ2) is 8.58. The first-order chi connectivity index (χ1) is 12.0. The van der Waals surface area contributed by atoms with E-state index < -0.39 is 17.6 Å². The van der Waals surface area contributed by atoms with Crippen LogP contribution in [0.2, 0.25) is 0 Å². The van der Waals surface area contributed by atoms with Crippen LogP contribution in [0.1, 0.15) is 24.1 Å². The first-order valence-corrected chi connectivity index (χ1v) is 7.53. The first kappa shape index (κ1) is 18.1. The summed E-state index contributed by atoms with van der Waals surface area (Å²) >= 11 is 0. The van der Waals surface area contributed by atoms with Crippen molar-refractivity contribution in [2.75, 3.05) is 7.11 Å². The predicted molar refractivity (Wildman–Crippen MR) is 91.7 cm³/mol.